The summed E-state index contributed by atoms with van der Waals surface area (Å²) in [7, 11) is 0. The molecule has 0 amide bonds. The van der Waals surface area contributed by atoms with Crippen molar-refractivity contribution in [3.63, 3.8) is 0 Å². The second-order valence-electron chi connectivity index (χ2n) is 4.12. The molecule has 0 N–H and O–H groups in total. The Morgan fingerprint density at radius 3 is 2.46 bits per heavy atom. The Morgan fingerprint density at radius 2 is 2.00 bits per heavy atom. The van der Waals surface area contributed by atoms with Crippen molar-refractivity contribution in [2.75, 3.05) is 6.61 Å². The van der Waals surface area contributed by atoms with Gasteiger partial charge in [-0.05, 0) is 32.6 Å². The van der Waals surface area contributed by atoms with Gasteiger partial charge in [-0.15, -0.1) is 0 Å². The molecule has 0 aliphatic heterocycles. The molecule has 0 aromatic carbocycles. The van der Waals surface area contributed by atoms with Crippen LogP contribution in [0.25, 0.3) is 0 Å². The highest BCUT2D eigenvalue weighted by molar-refractivity contribution is 5.01. The number of hydrogen-bond donors (Lipinski definition) is 0. The zero-order valence-electron chi connectivity index (χ0n) is 9.01. The normalized spacial score (nSPS) is 21.4. The van der Waals surface area contributed by atoms with Gasteiger partial charge >= 0.3 is 0 Å². The van der Waals surface area contributed by atoms with Crippen LogP contribution in [-0.2, 0) is 4.74 Å². The molecule has 1 aliphatic carbocycles. The van der Waals surface area contributed by atoms with Crippen LogP contribution in [0.3, 0.4) is 0 Å². The summed E-state index contributed by atoms with van der Waals surface area (Å²) in [4.78, 5) is 0. The van der Waals surface area contributed by atoms with Crippen molar-refractivity contribution in [3.8, 4) is 0 Å². The third-order valence-electron chi connectivity index (χ3n) is 2.91. The Bertz CT molecular complexity index is 157. The number of rotatable bonds is 4. The summed E-state index contributed by atoms with van der Waals surface area (Å²) in [5.41, 5.74) is 1.20. The van der Waals surface area contributed by atoms with E-state index in [1.165, 1.54) is 37.7 Å². The highest BCUT2D eigenvalue weighted by Crippen LogP contribution is 2.30. The largest absolute Gasteiger partial charge is 0.374 e. The summed E-state index contributed by atoms with van der Waals surface area (Å²) in [6, 6.07) is 0. The molecule has 0 radical (unpaired) electrons. The Labute approximate surface area is 82.2 Å². The molecule has 0 saturated heterocycles. The van der Waals surface area contributed by atoms with E-state index in [4.69, 9.17) is 4.74 Å². The minimum Gasteiger partial charge on any atom is -0.374 e. The van der Waals surface area contributed by atoms with Crippen molar-refractivity contribution < 1.29 is 4.74 Å². The molecule has 1 unspecified atom stereocenters. The molecular weight excluding hydrogens is 160 g/mol. The third-order valence-corrected chi connectivity index (χ3v) is 2.91. The summed E-state index contributed by atoms with van der Waals surface area (Å²) < 4.78 is 5.74. The fourth-order valence-corrected chi connectivity index (χ4v) is 2.30. The smallest absolute Gasteiger partial charge is 0.0807 e. The molecule has 13 heavy (non-hydrogen) atoms. The topological polar surface area (TPSA) is 9.23 Å². The van der Waals surface area contributed by atoms with E-state index < -0.39 is 0 Å². The molecule has 0 heterocycles. The molecule has 0 bridgehead atoms. The first kappa shape index (κ1) is 10.8. The van der Waals surface area contributed by atoms with Crippen molar-refractivity contribution in [1.29, 1.82) is 0 Å². The van der Waals surface area contributed by atoms with Crippen LogP contribution in [0.5, 0.6) is 0 Å². The van der Waals surface area contributed by atoms with Gasteiger partial charge in [-0.3, -0.25) is 0 Å². The average Bonchev–Trinajstić information content (AvgIpc) is 2.15. The molecule has 1 rings (SSSR count). The van der Waals surface area contributed by atoms with Crippen LogP contribution < -0.4 is 0 Å². The molecule has 0 aromatic rings. The first-order valence-electron chi connectivity index (χ1n) is 5.52. The standard InChI is InChI=1S/C12H22O/c1-4-13-12(10(2)3)11-8-6-5-7-9-11/h11-12H,2,4-9H2,1,3H3. The summed E-state index contributed by atoms with van der Waals surface area (Å²) in [6.07, 6.45) is 7.15. The van der Waals surface area contributed by atoms with Crippen molar-refractivity contribution in [3.05, 3.63) is 12.2 Å². The zero-order chi connectivity index (χ0) is 9.68. The monoisotopic (exact) mass is 182 g/mol. The maximum Gasteiger partial charge on any atom is 0.0807 e. The van der Waals surface area contributed by atoms with Crippen LogP contribution in [-0.4, -0.2) is 12.7 Å². The van der Waals surface area contributed by atoms with E-state index >= 15 is 0 Å². The van der Waals surface area contributed by atoms with Gasteiger partial charge in [0.05, 0.1) is 6.10 Å². The van der Waals surface area contributed by atoms with Crippen molar-refractivity contribution >= 4 is 0 Å². The number of hydrogen-bond acceptors (Lipinski definition) is 1. The molecule has 1 fully saturated rings. The van der Waals surface area contributed by atoms with E-state index in [1.807, 2.05) is 0 Å². The van der Waals surface area contributed by atoms with Gasteiger partial charge < -0.3 is 4.74 Å². The molecule has 76 valence electrons. The minimum atomic E-state index is 0.324. The summed E-state index contributed by atoms with van der Waals surface area (Å²) >= 11 is 0. The SMILES string of the molecule is C=C(C)C(OCC)C1CCCCC1. The van der Waals surface area contributed by atoms with Crippen LogP contribution in [0, 0.1) is 5.92 Å². The molecule has 1 aliphatic rings. The maximum absolute atomic E-state index is 5.74. The van der Waals surface area contributed by atoms with E-state index in [2.05, 4.69) is 20.4 Å². The molecule has 0 spiro atoms. The van der Waals surface area contributed by atoms with Gasteiger partial charge in [0, 0.05) is 6.61 Å². The Balaban J connectivity index is 2.46. The van der Waals surface area contributed by atoms with Crippen molar-refractivity contribution in [1.82, 2.24) is 0 Å². The van der Waals surface area contributed by atoms with Gasteiger partial charge in [-0.2, -0.15) is 0 Å². The third kappa shape index (κ3) is 3.15. The van der Waals surface area contributed by atoms with Crippen LogP contribution in [0.4, 0.5) is 0 Å². The van der Waals surface area contributed by atoms with Gasteiger partial charge in [0.1, 0.15) is 0 Å². The Kier molecular flexibility index (Phi) is 4.51. The van der Waals surface area contributed by atoms with Crippen LogP contribution in [0.1, 0.15) is 46.0 Å². The van der Waals surface area contributed by atoms with Gasteiger partial charge in [0.2, 0.25) is 0 Å². The lowest BCUT2D eigenvalue weighted by molar-refractivity contribution is 0.0324. The highest BCUT2D eigenvalue weighted by atomic mass is 16.5. The quantitative estimate of drug-likeness (QED) is 0.604. The van der Waals surface area contributed by atoms with Gasteiger partial charge in [0.25, 0.3) is 0 Å². The first-order chi connectivity index (χ1) is 6.25. The fourth-order valence-electron chi connectivity index (χ4n) is 2.30. The first-order valence-corrected chi connectivity index (χ1v) is 5.52. The Hall–Kier alpha value is -0.300. The summed E-state index contributed by atoms with van der Waals surface area (Å²) in [5.74, 6) is 0.742. The van der Waals surface area contributed by atoms with E-state index in [-0.39, 0.29) is 0 Å². The Morgan fingerprint density at radius 1 is 1.38 bits per heavy atom. The zero-order valence-corrected chi connectivity index (χ0v) is 9.01. The van der Waals surface area contributed by atoms with Crippen LogP contribution >= 0.6 is 0 Å². The van der Waals surface area contributed by atoms with Crippen molar-refractivity contribution in [2.24, 2.45) is 5.92 Å². The fraction of sp³-hybridized carbons (Fsp3) is 0.833. The molecule has 0 aromatic heterocycles. The lowest BCUT2D eigenvalue weighted by Gasteiger charge is -2.30. The van der Waals surface area contributed by atoms with Gasteiger partial charge in [-0.1, -0.05) is 31.4 Å². The summed E-state index contributed by atoms with van der Waals surface area (Å²) in [6.45, 7) is 9.00. The number of ether oxygens (including phenoxy) is 1. The molecule has 1 heteroatoms. The van der Waals surface area contributed by atoms with Gasteiger partial charge in [0.15, 0.2) is 0 Å². The molecule has 1 nitrogen and oxygen atoms in total. The predicted octanol–water partition coefficient (Wildman–Crippen LogP) is 3.55. The maximum atomic E-state index is 5.74. The highest BCUT2D eigenvalue weighted by Gasteiger charge is 2.24. The van der Waals surface area contributed by atoms with Gasteiger partial charge in [-0.25, -0.2) is 0 Å². The van der Waals surface area contributed by atoms with E-state index in [1.54, 1.807) is 0 Å². The molecule has 1 saturated carbocycles. The van der Waals surface area contributed by atoms with E-state index in [0.717, 1.165) is 12.5 Å². The van der Waals surface area contributed by atoms with E-state index in [0.29, 0.717) is 6.10 Å². The second-order valence-corrected chi connectivity index (χ2v) is 4.12. The van der Waals surface area contributed by atoms with Crippen LogP contribution in [0.2, 0.25) is 0 Å². The lowest BCUT2D eigenvalue weighted by atomic mass is 9.83. The lowest BCUT2D eigenvalue weighted by Crippen LogP contribution is -2.26. The predicted molar refractivity (Wildman–Crippen MR) is 56.8 cm³/mol. The summed E-state index contributed by atoms with van der Waals surface area (Å²) in [5, 5.41) is 0. The second kappa shape index (κ2) is 5.43. The minimum absolute atomic E-state index is 0.324. The van der Waals surface area contributed by atoms with Crippen molar-refractivity contribution in [2.45, 2.75) is 52.1 Å². The molecular formula is C12H22O. The average molecular weight is 182 g/mol. The molecule has 1 atom stereocenters. The van der Waals surface area contributed by atoms with E-state index in [9.17, 15) is 0 Å². The van der Waals surface area contributed by atoms with Crippen LogP contribution in [0.15, 0.2) is 12.2 Å².